The van der Waals surface area contributed by atoms with E-state index >= 15 is 0 Å². The number of ether oxygens (including phenoxy) is 1. The average molecular weight is 218 g/mol. The van der Waals surface area contributed by atoms with Crippen molar-refractivity contribution >= 4 is 5.97 Å². The van der Waals surface area contributed by atoms with Gasteiger partial charge in [0.25, 0.3) is 0 Å². The molecule has 3 N–H and O–H groups in total. The van der Waals surface area contributed by atoms with Crippen LogP contribution in [0.3, 0.4) is 0 Å². The molecule has 0 aromatic rings. The standard InChI is InChI=1S/C10H22N2O3/c1-4-12(6-7-15-5-2)8-10(3,11)9(13)14/h4-8,11H2,1-3H3,(H,13,14). The Kier molecular flexibility index (Phi) is 6.47. The van der Waals surface area contributed by atoms with Crippen LogP contribution >= 0.6 is 0 Å². The lowest BCUT2D eigenvalue weighted by molar-refractivity contribution is -0.143. The van der Waals surface area contributed by atoms with Crippen molar-refractivity contribution in [1.82, 2.24) is 4.90 Å². The fourth-order valence-electron chi connectivity index (χ4n) is 1.22. The maximum absolute atomic E-state index is 10.8. The van der Waals surface area contributed by atoms with Crippen molar-refractivity contribution in [2.24, 2.45) is 5.73 Å². The molecule has 0 aromatic carbocycles. The van der Waals surface area contributed by atoms with Crippen LogP contribution < -0.4 is 5.73 Å². The van der Waals surface area contributed by atoms with Crippen LogP contribution in [0.4, 0.5) is 0 Å². The summed E-state index contributed by atoms with van der Waals surface area (Å²) in [4.78, 5) is 12.8. The molecule has 1 atom stereocenters. The number of carboxylic acids is 1. The summed E-state index contributed by atoms with van der Waals surface area (Å²) in [5.41, 5.74) is 4.47. The van der Waals surface area contributed by atoms with E-state index in [9.17, 15) is 4.79 Å². The minimum Gasteiger partial charge on any atom is -0.480 e. The number of nitrogens with zero attached hydrogens (tertiary/aromatic N) is 1. The zero-order chi connectivity index (χ0) is 11.9. The molecule has 5 heteroatoms. The van der Waals surface area contributed by atoms with Crippen molar-refractivity contribution in [2.45, 2.75) is 26.3 Å². The molecule has 0 aliphatic carbocycles. The zero-order valence-corrected chi connectivity index (χ0v) is 9.82. The lowest BCUT2D eigenvalue weighted by Gasteiger charge is -2.28. The molecule has 0 saturated carbocycles. The van der Waals surface area contributed by atoms with Crippen molar-refractivity contribution in [3.63, 3.8) is 0 Å². The largest absolute Gasteiger partial charge is 0.480 e. The molecule has 0 aromatic heterocycles. The molecule has 0 bridgehead atoms. The summed E-state index contributed by atoms with van der Waals surface area (Å²) in [7, 11) is 0. The highest BCUT2D eigenvalue weighted by Gasteiger charge is 2.29. The van der Waals surface area contributed by atoms with E-state index in [0.717, 1.165) is 6.54 Å². The Labute approximate surface area is 91.2 Å². The summed E-state index contributed by atoms with van der Waals surface area (Å²) in [5.74, 6) is -0.975. The van der Waals surface area contributed by atoms with Gasteiger partial charge in [0, 0.05) is 19.7 Å². The minimum absolute atomic E-state index is 0.339. The van der Waals surface area contributed by atoms with Gasteiger partial charge in [-0.05, 0) is 20.4 Å². The van der Waals surface area contributed by atoms with Gasteiger partial charge in [-0.1, -0.05) is 6.92 Å². The van der Waals surface area contributed by atoms with Crippen LogP contribution in [0.2, 0.25) is 0 Å². The predicted octanol–water partition coefficient (Wildman–Crippen LogP) is 0.147. The number of likely N-dealkylation sites (N-methyl/N-ethyl adjacent to an activating group) is 1. The van der Waals surface area contributed by atoms with Crippen LogP contribution in [0.1, 0.15) is 20.8 Å². The molecule has 90 valence electrons. The summed E-state index contributed by atoms with van der Waals surface area (Å²) in [6.45, 7) is 8.54. The number of nitrogens with two attached hydrogens (primary N) is 1. The summed E-state index contributed by atoms with van der Waals surface area (Å²) in [5, 5.41) is 8.87. The number of carbonyl (C=O) groups is 1. The first kappa shape index (κ1) is 14.3. The van der Waals surface area contributed by atoms with Gasteiger partial charge in [0.2, 0.25) is 0 Å². The Hall–Kier alpha value is -0.650. The first-order valence-electron chi connectivity index (χ1n) is 5.26. The topological polar surface area (TPSA) is 75.8 Å². The monoisotopic (exact) mass is 218 g/mol. The molecule has 0 spiro atoms. The van der Waals surface area contributed by atoms with Gasteiger partial charge in [-0.25, -0.2) is 0 Å². The molecule has 1 unspecified atom stereocenters. The van der Waals surface area contributed by atoms with E-state index in [2.05, 4.69) is 0 Å². The van der Waals surface area contributed by atoms with E-state index in [0.29, 0.717) is 26.3 Å². The van der Waals surface area contributed by atoms with Gasteiger partial charge in [-0.2, -0.15) is 0 Å². The van der Waals surface area contributed by atoms with Gasteiger partial charge in [-0.15, -0.1) is 0 Å². The molecule has 0 aliphatic rings. The summed E-state index contributed by atoms with van der Waals surface area (Å²) >= 11 is 0. The first-order chi connectivity index (χ1) is 6.94. The fraction of sp³-hybridized carbons (Fsp3) is 0.900. The van der Waals surface area contributed by atoms with E-state index in [-0.39, 0.29) is 0 Å². The molecule has 0 aliphatic heterocycles. The van der Waals surface area contributed by atoms with Crippen molar-refractivity contribution < 1.29 is 14.6 Å². The molecule has 0 saturated heterocycles. The molecular formula is C10H22N2O3. The van der Waals surface area contributed by atoms with Crippen LogP contribution in [-0.4, -0.2) is 54.4 Å². The summed E-state index contributed by atoms with van der Waals surface area (Å²) < 4.78 is 5.21. The second-order valence-corrected chi connectivity index (χ2v) is 3.79. The second kappa shape index (κ2) is 6.76. The number of carboxylic acid groups (broad SMARTS) is 1. The van der Waals surface area contributed by atoms with Gasteiger partial charge < -0.3 is 15.6 Å². The molecule has 0 radical (unpaired) electrons. The average Bonchev–Trinajstić information content (AvgIpc) is 2.16. The van der Waals surface area contributed by atoms with Crippen LogP contribution in [0, 0.1) is 0 Å². The van der Waals surface area contributed by atoms with Crippen LogP contribution in [0.15, 0.2) is 0 Å². The molecule has 5 nitrogen and oxygen atoms in total. The summed E-state index contributed by atoms with van der Waals surface area (Å²) in [6, 6.07) is 0. The molecule has 0 amide bonds. The number of aliphatic carboxylic acids is 1. The van der Waals surface area contributed by atoms with Crippen LogP contribution in [0.5, 0.6) is 0 Å². The highest BCUT2D eigenvalue weighted by molar-refractivity contribution is 5.78. The van der Waals surface area contributed by atoms with Crippen LogP contribution in [-0.2, 0) is 9.53 Å². The molecule has 0 heterocycles. The van der Waals surface area contributed by atoms with E-state index in [1.54, 1.807) is 0 Å². The van der Waals surface area contributed by atoms with Crippen molar-refractivity contribution in [2.75, 3.05) is 32.8 Å². The van der Waals surface area contributed by atoms with E-state index in [1.165, 1.54) is 6.92 Å². The second-order valence-electron chi connectivity index (χ2n) is 3.79. The third-order valence-electron chi connectivity index (χ3n) is 2.24. The van der Waals surface area contributed by atoms with Gasteiger partial charge in [-0.3, -0.25) is 9.69 Å². The van der Waals surface area contributed by atoms with Gasteiger partial charge in [0.1, 0.15) is 5.54 Å². The minimum atomic E-state index is -1.19. The quantitative estimate of drug-likeness (QED) is 0.567. The van der Waals surface area contributed by atoms with Crippen LogP contribution in [0.25, 0.3) is 0 Å². The molecule has 15 heavy (non-hydrogen) atoms. The highest BCUT2D eigenvalue weighted by atomic mass is 16.5. The smallest absolute Gasteiger partial charge is 0.324 e. The predicted molar refractivity (Wildman–Crippen MR) is 58.8 cm³/mol. The van der Waals surface area contributed by atoms with E-state index in [1.807, 2.05) is 18.7 Å². The number of hydrogen-bond donors (Lipinski definition) is 2. The Morgan fingerprint density at radius 3 is 2.53 bits per heavy atom. The molecule has 0 fully saturated rings. The lowest BCUT2D eigenvalue weighted by Crippen LogP contribution is -2.54. The van der Waals surface area contributed by atoms with Crippen molar-refractivity contribution in [3.05, 3.63) is 0 Å². The Balaban J connectivity index is 4.03. The maximum atomic E-state index is 10.8. The van der Waals surface area contributed by atoms with E-state index < -0.39 is 11.5 Å². The Bertz CT molecular complexity index is 195. The van der Waals surface area contributed by atoms with Gasteiger partial charge >= 0.3 is 5.97 Å². The third-order valence-corrected chi connectivity index (χ3v) is 2.24. The third kappa shape index (κ3) is 5.71. The van der Waals surface area contributed by atoms with Crippen molar-refractivity contribution in [1.29, 1.82) is 0 Å². The SMILES string of the molecule is CCOCCN(CC)CC(C)(N)C(=O)O. The molecule has 0 rings (SSSR count). The molecular weight excluding hydrogens is 196 g/mol. The normalized spacial score (nSPS) is 15.3. The maximum Gasteiger partial charge on any atom is 0.324 e. The first-order valence-corrected chi connectivity index (χ1v) is 5.26. The van der Waals surface area contributed by atoms with Gasteiger partial charge in [0.05, 0.1) is 6.61 Å². The van der Waals surface area contributed by atoms with E-state index in [4.69, 9.17) is 15.6 Å². The number of hydrogen-bond acceptors (Lipinski definition) is 4. The Morgan fingerprint density at radius 2 is 2.13 bits per heavy atom. The highest BCUT2D eigenvalue weighted by Crippen LogP contribution is 2.03. The lowest BCUT2D eigenvalue weighted by atomic mass is 10.0. The number of rotatable bonds is 8. The zero-order valence-electron chi connectivity index (χ0n) is 9.82. The van der Waals surface area contributed by atoms with Gasteiger partial charge in [0.15, 0.2) is 0 Å². The fourth-order valence-corrected chi connectivity index (χ4v) is 1.22. The summed E-state index contributed by atoms with van der Waals surface area (Å²) in [6.07, 6.45) is 0. The Morgan fingerprint density at radius 1 is 1.53 bits per heavy atom. The van der Waals surface area contributed by atoms with Crippen molar-refractivity contribution in [3.8, 4) is 0 Å².